The highest BCUT2D eigenvalue weighted by atomic mass is 16.2. The minimum atomic E-state index is -0.970. The maximum atomic E-state index is 13.0. The molecule has 7 rings (SSSR count). The van der Waals surface area contributed by atoms with Crippen LogP contribution in [0.2, 0.25) is 0 Å². The lowest BCUT2D eigenvalue weighted by Gasteiger charge is -2.35. The predicted octanol–water partition coefficient (Wildman–Crippen LogP) is 3.61. The number of benzene rings is 2. The van der Waals surface area contributed by atoms with Gasteiger partial charge in [0.05, 0.1) is 57.9 Å². The Labute approximate surface area is 252 Å². The zero-order valence-electron chi connectivity index (χ0n) is 23.7. The summed E-state index contributed by atoms with van der Waals surface area (Å²) in [5, 5.41) is 19.3. The predicted molar refractivity (Wildman–Crippen MR) is 158 cm³/mol. The van der Waals surface area contributed by atoms with Gasteiger partial charge in [0.15, 0.2) is 0 Å². The number of rotatable bonds is 8. The molecule has 3 aliphatic rings. The Bertz CT molecular complexity index is 1890. The first-order valence-corrected chi connectivity index (χ1v) is 14.7. The van der Waals surface area contributed by atoms with Gasteiger partial charge in [-0.25, -0.2) is 4.98 Å². The molecule has 0 spiro atoms. The Morgan fingerprint density at radius 2 is 1.84 bits per heavy atom. The molecule has 1 unspecified atom stereocenters. The molecular formula is C32H28N8O4. The van der Waals surface area contributed by atoms with E-state index < -0.39 is 29.7 Å². The molecular weight excluding hydrogens is 560 g/mol. The maximum absolute atomic E-state index is 13.0. The smallest absolute Gasteiger partial charge is 0.262 e. The zero-order chi connectivity index (χ0) is 30.4. The van der Waals surface area contributed by atoms with Gasteiger partial charge in [0.1, 0.15) is 6.04 Å². The van der Waals surface area contributed by atoms with Gasteiger partial charge in [0.2, 0.25) is 11.8 Å². The molecule has 2 N–H and O–H groups in total. The molecule has 0 radical (unpaired) electrons. The van der Waals surface area contributed by atoms with Crippen molar-refractivity contribution in [1.29, 1.82) is 5.26 Å². The molecule has 12 heteroatoms. The molecule has 0 bridgehead atoms. The van der Waals surface area contributed by atoms with E-state index in [2.05, 4.69) is 31.8 Å². The van der Waals surface area contributed by atoms with Crippen molar-refractivity contribution < 1.29 is 19.2 Å². The van der Waals surface area contributed by atoms with Gasteiger partial charge in [-0.3, -0.25) is 39.1 Å². The van der Waals surface area contributed by atoms with Crippen LogP contribution in [0.5, 0.6) is 0 Å². The van der Waals surface area contributed by atoms with E-state index in [1.54, 1.807) is 48.8 Å². The van der Waals surface area contributed by atoms with Crippen LogP contribution in [0.1, 0.15) is 70.8 Å². The van der Waals surface area contributed by atoms with Gasteiger partial charge in [0, 0.05) is 30.4 Å². The lowest BCUT2D eigenvalue weighted by atomic mass is 9.77. The van der Waals surface area contributed by atoms with E-state index in [1.165, 1.54) is 0 Å². The van der Waals surface area contributed by atoms with Gasteiger partial charge >= 0.3 is 0 Å². The Hall–Kier alpha value is -5.44. The molecule has 220 valence electrons. The van der Waals surface area contributed by atoms with Crippen molar-refractivity contribution in [2.45, 2.75) is 50.6 Å². The molecule has 2 fully saturated rings. The van der Waals surface area contributed by atoms with Gasteiger partial charge in [-0.15, -0.1) is 0 Å². The molecule has 1 saturated carbocycles. The summed E-state index contributed by atoms with van der Waals surface area (Å²) in [5.41, 5.74) is 4.87. The van der Waals surface area contributed by atoms with Crippen molar-refractivity contribution in [3.8, 4) is 17.3 Å². The molecule has 44 heavy (non-hydrogen) atoms. The number of nitrogens with one attached hydrogen (secondary N) is 2. The summed E-state index contributed by atoms with van der Waals surface area (Å²) in [6, 6.07) is 11.8. The van der Waals surface area contributed by atoms with Crippen LogP contribution in [0.4, 0.5) is 5.69 Å². The largest absolute Gasteiger partial charge is 0.385 e. The van der Waals surface area contributed by atoms with Gasteiger partial charge in [0.25, 0.3) is 11.8 Å². The van der Waals surface area contributed by atoms with Crippen molar-refractivity contribution in [2.75, 3.05) is 11.9 Å². The molecule has 4 aromatic rings. The van der Waals surface area contributed by atoms with E-state index in [0.717, 1.165) is 59.6 Å². The number of imide groups is 2. The molecule has 1 aliphatic carbocycles. The zero-order valence-corrected chi connectivity index (χ0v) is 23.7. The fourth-order valence-corrected chi connectivity index (χ4v) is 6.25. The van der Waals surface area contributed by atoms with Crippen LogP contribution in [-0.2, 0) is 9.59 Å². The topological polar surface area (TPSA) is 163 Å². The maximum Gasteiger partial charge on any atom is 0.262 e. The van der Waals surface area contributed by atoms with Crippen LogP contribution in [0.3, 0.4) is 0 Å². The van der Waals surface area contributed by atoms with E-state index in [1.807, 2.05) is 10.9 Å². The number of carbonyl (C=O) groups excluding carboxylic acids is 4. The number of anilines is 1. The number of carbonyl (C=O) groups is 4. The molecule has 12 nitrogen and oxygen atoms in total. The van der Waals surface area contributed by atoms with E-state index in [0.29, 0.717) is 23.0 Å². The monoisotopic (exact) mass is 588 g/mol. The molecule has 1 atom stereocenters. The summed E-state index contributed by atoms with van der Waals surface area (Å²) < 4.78 is 2.00. The average molecular weight is 589 g/mol. The van der Waals surface area contributed by atoms with Crippen LogP contribution in [0.15, 0.2) is 55.0 Å². The summed E-state index contributed by atoms with van der Waals surface area (Å²) >= 11 is 0. The van der Waals surface area contributed by atoms with Crippen LogP contribution < -0.4 is 10.6 Å². The molecule has 4 amide bonds. The number of aromatic nitrogens is 4. The normalized spacial score (nSPS) is 21.2. The van der Waals surface area contributed by atoms with E-state index in [4.69, 9.17) is 0 Å². The van der Waals surface area contributed by atoms with Crippen LogP contribution in [-0.4, -0.2) is 60.9 Å². The van der Waals surface area contributed by atoms with Crippen molar-refractivity contribution in [2.24, 2.45) is 5.92 Å². The lowest BCUT2D eigenvalue weighted by Crippen LogP contribution is -2.54. The Kier molecular flexibility index (Phi) is 6.85. The van der Waals surface area contributed by atoms with E-state index in [-0.39, 0.29) is 24.0 Å². The highest BCUT2D eigenvalue weighted by molar-refractivity contribution is 6.23. The van der Waals surface area contributed by atoms with Gasteiger partial charge in [-0.05, 0) is 74.4 Å². The van der Waals surface area contributed by atoms with Crippen molar-refractivity contribution in [1.82, 2.24) is 30.0 Å². The Morgan fingerprint density at radius 3 is 2.66 bits per heavy atom. The summed E-state index contributed by atoms with van der Waals surface area (Å²) in [6.07, 6.45) is 9.86. The number of nitrogens with zero attached hydrogens (tertiary/aromatic N) is 6. The molecule has 2 aliphatic heterocycles. The fraction of sp³-hybridized carbons (Fsp3) is 0.312. The van der Waals surface area contributed by atoms with Gasteiger partial charge in [-0.2, -0.15) is 10.4 Å². The molecule has 1 saturated heterocycles. The first-order valence-electron chi connectivity index (χ1n) is 14.7. The minimum Gasteiger partial charge on any atom is -0.385 e. The summed E-state index contributed by atoms with van der Waals surface area (Å²) in [7, 11) is 0. The van der Waals surface area contributed by atoms with Crippen molar-refractivity contribution in [3.63, 3.8) is 0 Å². The average Bonchev–Trinajstić information content (AvgIpc) is 3.58. The van der Waals surface area contributed by atoms with Gasteiger partial charge in [-0.1, -0.05) is 0 Å². The molecule has 2 aromatic carbocycles. The fourth-order valence-electron chi connectivity index (χ4n) is 6.25. The number of amides is 4. The quantitative estimate of drug-likeness (QED) is 0.231. The number of nitriles is 1. The summed E-state index contributed by atoms with van der Waals surface area (Å²) in [5.74, 6) is -1.43. The third kappa shape index (κ3) is 4.96. The number of hydrogen-bond donors (Lipinski definition) is 2. The second-order valence-electron chi connectivity index (χ2n) is 11.5. The Morgan fingerprint density at radius 1 is 1.00 bits per heavy atom. The highest BCUT2D eigenvalue weighted by Crippen LogP contribution is 2.40. The van der Waals surface area contributed by atoms with Crippen LogP contribution in [0, 0.1) is 17.2 Å². The summed E-state index contributed by atoms with van der Waals surface area (Å²) in [4.78, 5) is 59.8. The molecule has 2 aromatic heterocycles. The first-order chi connectivity index (χ1) is 21.4. The standard InChI is InChI=1S/C32H28N8O4/c33-14-19-3-6-25-26(12-19)37-27(16-35-25)20-15-36-39(17-20)22-10-18(11-22)2-1-9-34-21-4-5-23-24(13-21)32(44)40(31(23)43)28-7-8-29(41)38-30(28)42/h3-6,12-13,15-18,22,28,34H,1-2,7-11H2,(H,38,41,42)/t18-,22-,28?. The number of hydrogen-bond acceptors (Lipinski definition) is 9. The van der Waals surface area contributed by atoms with Crippen molar-refractivity contribution in [3.05, 3.63) is 71.7 Å². The van der Waals surface area contributed by atoms with Crippen molar-refractivity contribution >= 4 is 40.3 Å². The third-order valence-corrected chi connectivity index (χ3v) is 8.71. The van der Waals surface area contributed by atoms with Crippen LogP contribution in [0.25, 0.3) is 22.3 Å². The Balaban J connectivity index is 0.893. The van der Waals surface area contributed by atoms with E-state index in [9.17, 15) is 24.4 Å². The van der Waals surface area contributed by atoms with E-state index >= 15 is 0 Å². The summed E-state index contributed by atoms with van der Waals surface area (Å²) in [6.45, 7) is 0.721. The lowest BCUT2D eigenvalue weighted by molar-refractivity contribution is -0.136. The SMILES string of the molecule is N#Cc1ccc2ncc(-c3cnn([C@H]4C[C@H](CCCNc5ccc6c(c5)C(=O)N(C5CCC(=O)NC5=O)C6=O)C4)c3)nc2c1. The molecule has 4 heterocycles. The highest BCUT2D eigenvalue weighted by Gasteiger charge is 2.44. The third-order valence-electron chi connectivity index (χ3n) is 8.71. The second kappa shape index (κ2) is 11.0. The first kappa shape index (κ1) is 27.4. The number of piperidine rings is 1. The number of fused-ring (bicyclic) bond motifs is 2. The van der Waals surface area contributed by atoms with Crippen LogP contribution >= 0.6 is 0 Å². The van der Waals surface area contributed by atoms with Gasteiger partial charge < -0.3 is 5.32 Å². The second-order valence-corrected chi connectivity index (χ2v) is 11.5. The minimum absolute atomic E-state index is 0.0908.